The van der Waals surface area contributed by atoms with Gasteiger partial charge in [-0.15, -0.1) is 0 Å². The minimum absolute atomic E-state index is 0.0455. The first kappa shape index (κ1) is 18.6. The van der Waals surface area contributed by atoms with Crippen molar-refractivity contribution >= 4 is 23.2 Å². The van der Waals surface area contributed by atoms with Crippen molar-refractivity contribution in [2.45, 2.75) is 6.54 Å². The summed E-state index contributed by atoms with van der Waals surface area (Å²) in [5.74, 6) is 0.755. The van der Waals surface area contributed by atoms with Crippen LogP contribution in [-0.4, -0.2) is 26.0 Å². The van der Waals surface area contributed by atoms with Gasteiger partial charge in [-0.1, -0.05) is 24.3 Å². The molecule has 0 unspecified atom stereocenters. The Balaban J connectivity index is 1.58. The fourth-order valence-electron chi connectivity index (χ4n) is 3.37. The van der Waals surface area contributed by atoms with E-state index in [4.69, 9.17) is 9.47 Å². The molecule has 3 aromatic rings. The highest BCUT2D eigenvalue weighted by atomic mass is 16.5. The lowest BCUT2D eigenvalue weighted by atomic mass is 10.1. The highest BCUT2D eigenvalue weighted by Gasteiger charge is 2.28. The van der Waals surface area contributed by atoms with Crippen molar-refractivity contribution in [3.05, 3.63) is 83.4 Å². The summed E-state index contributed by atoms with van der Waals surface area (Å²) in [6.07, 6.45) is 0. The molecule has 1 heterocycles. The average Bonchev–Trinajstić information content (AvgIpc) is 3.10. The lowest BCUT2D eigenvalue weighted by Gasteiger charge is -2.18. The summed E-state index contributed by atoms with van der Waals surface area (Å²) < 4.78 is 10.6. The quantitative estimate of drug-likeness (QED) is 0.714. The fraction of sp³-hybridized carbons (Fsp3) is 0.130. The normalized spacial score (nSPS) is 12.5. The number of hydrogen-bond donors (Lipinski definition) is 1. The molecule has 0 saturated heterocycles. The average molecular weight is 388 g/mol. The summed E-state index contributed by atoms with van der Waals surface area (Å²) in [7, 11) is 3.08. The zero-order valence-electron chi connectivity index (χ0n) is 16.1. The Morgan fingerprint density at radius 3 is 2.55 bits per heavy atom. The number of nitrogens with zero attached hydrogens (tertiary/aromatic N) is 1. The predicted octanol–water partition coefficient (Wildman–Crippen LogP) is 4.12. The summed E-state index contributed by atoms with van der Waals surface area (Å²) in [5.41, 5.74) is 3.41. The molecule has 0 radical (unpaired) electrons. The number of carbonyl (C=O) groups is 2. The Labute approximate surface area is 168 Å². The summed E-state index contributed by atoms with van der Waals surface area (Å²) in [4.78, 5) is 27.0. The van der Waals surface area contributed by atoms with Crippen LogP contribution in [0.5, 0.6) is 11.5 Å². The van der Waals surface area contributed by atoms with Gasteiger partial charge in [-0.3, -0.25) is 9.59 Å². The summed E-state index contributed by atoms with van der Waals surface area (Å²) in [6, 6.07) is 19.8. The van der Waals surface area contributed by atoms with Crippen LogP contribution in [0.25, 0.3) is 0 Å². The van der Waals surface area contributed by atoms with Crippen LogP contribution in [0.4, 0.5) is 11.4 Å². The number of amides is 2. The van der Waals surface area contributed by atoms with E-state index in [1.54, 1.807) is 54.5 Å². The summed E-state index contributed by atoms with van der Waals surface area (Å²) in [6.45, 7) is 0.508. The number of benzene rings is 3. The first-order valence-electron chi connectivity index (χ1n) is 9.14. The van der Waals surface area contributed by atoms with Gasteiger partial charge in [-0.2, -0.15) is 0 Å². The van der Waals surface area contributed by atoms with Gasteiger partial charge in [0.05, 0.1) is 26.5 Å². The minimum Gasteiger partial charge on any atom is -0.497 e. The molecule has 1 aliphatic heterocycles. The van der Waals surface area contributed by atoms with Gasteiger partial charge < -0.3 is 19.7 Å². The van der Waals surface area contributed by atoms with Crippen LogP contribution in [-0.2, 0) is 6.54 Å². The van der Waals surface area contributed by atoms with Gasteiger partial charge in [0.2, 0.25) is 0 Å². The molecule has 2 amide bonds. The highest BCUT2D eigenvalue weighted by Crippen LogP contribution is 2.34. The first-order chi connectivity index (χ1) is 14.1. The van der Waals surface area contributed by atoms with E-state index in [0.717, 1.165) is 5.56 Å². The topological polar surface area (TPSA) is 67.9 Å². The SMILES string of the molecule is COc1cccc(C(=O)Nc2ccc(N3Cc4ccccc4C3=O)cc2OC)c1. The summed E-state index contributed by atoms with van der Waals surface area (Å²) in [5, 5.41) is 2.85. The standard InChI is InChI=1S/C23H20N2O4/c1-28-18-8-5-7-15(12-18)22(26)24-20-11-10-17(13-21(20)29-2)25-14-16-6-3-4-9-19(16)23(25)27/h3-13H,14H2,1-2H3,(H,24,26). The lowest BCUT2D eigenvalue weighted by molar-refractivity contribution is 0.0994. The number of fused-ring (bicyclic) bond motifs is 1. The fourth-order valence-corrected chi connectivity index (χ4v) is 3.37. The molecule has 0 saturated carbocycles. The van der Waals surface area contributed by atoms with E-state index in [2.05, 4.69) is 5.32 Å². The largest absolute Gasteiger partial charge is 0.497 e. The van der Waals surface area contributed by atoms with E-state index in [9.17, 15) is 9.59 Å². The van der Waals surface area contributed by atoms with E-state index in [-0.39, 0.29) is 11.8 Å². The van der Waals surface area contributed by atoms with E-state index >= 15 is 0 Å². The molecule has 4 rings (SSSR count). The Kier molecular flexibility index (Phi) is 4.91. The van der Waals surface area contributed by atoms with E-state index in [1.807, 2.05) is 24.3 Å². The van der Waals surface area contributed by atoms with Crippen molar-refractivity contribution in [2.75, 3.05) is 24.4 Å². The van der Waals surface area contributed by atoms with E-state index in [0.29, 0.717) is 40.5 Å². The highest BCUT2D eigenvalue weighted by molar-refractivity contribution is 6.10. The lowest BCUT2D eigenvalue weighted by Crippen LogP contribution is -2.23. The number of carbonyl (C=O) groups excluding carboxylic acids is 2. The van der Waals surface area contributed by atoms with Crippen LogP contribution in [0.2, 0.25) is 0 Å². The van der Waals surface area contributed by atoms with Crippen molar-refractivity contribution in [2.24, 2.45) is 0 Å². The Morgan fingerprint density at radius 2 is 1.79 bits per heavy atom. The van der Waals surface area contributed by atoms with Gasteiger partial charge in [0.1, 0.15) is 11.5 Å². The molecule has 0 aromatic heterocycles. The molecule has 0 bridgehead atoms. The maximum Gasteiger partial charge on any atom is 0.258 e. The van der Waals surface area contributed by atoms with Crippen molar-refractivity contribution in [1.82, 2.24) is 0 Å². The van der Waals surface area contributed by atoms with Crippen LogP contribution in [0.15, 0.2) is 66.7 Å². The molecular formula is C23H20N2O4. The Bertz CT molecular complexity index is 1090. The number of methoxy groups -OCH3 is 2. The van der Waals surface area contributed by atoms with Gasteiger partial charge in [0, 0.05) is 22.9 Å². The molecule has 6 heteroatoms. The smallest absolute Gasteiger partial charge is 0.258 e. The van der Waals surface area contributed by atoms with Crippen molar-refractivity contribution in [3.63, 3.8) is 0 Å². The monoisotopic (exact) mass is 388 g/mol. The molecule has 0 fully saturated rings. The molecule has 1 N–H and O–H groups in total. The second-order valence-electron chi connectivity index (χ2n) is 6.62. The number of hydrogen-bond acceptors (Lipinski definition) is 4. The molecule has 1 aliphatic rings. The number of rotatable bonds is 5. The maximum atomic E-state index is 12.7. The molecule has 29 heavy (non-hydrogen) atoms. The van der Waals surface area contributed by atoms with Gasteiger partial charge in [-0.25, -0.2) is 0 Å². The van der Waals surface area contributed by atoms with Crippen LogP contribution in [0.3, 0.4) is 0 Å². The van der Waals surface area contributed by atoms with Crippen LogP contribution in [0, 0.1) is 0 Å². The number of ether oxygens (including phenoxy) is 2. The first-order valence-corrected chi connectivity index (χ1v) is 9.14. The molecule has 146 valence electrons. The van der Waals surface area contributed by atoms with Crippen molar-refractivity contribution in [1.29, 1.82) is 0 Å². The predicted molar refractivity (Wildman–Crippen MR) is 111 cm³/mol. The zero-order chi connectivity index (χ0) is 20.4. The molecule has 6 nitrogen and oxygen atoms in total. The van der Waals surface area contributed by atoms with E-state index in [1.165, 1.54) is 7.11 Å². The molecule has 0 aliphatic carbocycles. The molecular weight excluding hydrogens is 368 g/mol. The van der Waals surface area contributed by atoms with Gasteiger partial charge in [0.15, 0.2) is 0 Å². The third kappa shape index (κ3) is 3.52. The molecule has 0 spiro atoms. The van der Waals surface area contributed by atoms with Crippen LogP contribution < -0.4 is 19.7 Å². The Hall–Kier alpha value is -3.80. The second kappa shape index (κ2) is 7.67. The minimum atomic E-state index is -0.278. The van der Waals surface area contributed by atoms with E-state index < -0.39 is 0 Å². The zero-order valence-corrected chi connectivity index (χ0v) is 16.1. The Morgan fingerprint density at radius 1 is 0.966 bits per heavy atom. The molecule has 3 aromatic carbocycles. The summed E-state index contributed by atoms with van der Waals surface area (Å²) >= 11 is 0. The number of anilines is 2. The van der Waals surface area contributed by atoms with Crippen LogP contribution in [0.1, 0.15) is 26.3 Å². The van der Waals surface area contributed by atoms with Crippen LogP contribution >= 0.6 is 0 Å². The van der Waals surface area contributed by atoms with Gasteiger partial charge in [0.25, 0.3) is 11.8 Å². The van der Waals surface area contributed by atoms with Crippen molar-refractivity contribution in [3.8, 4) is 11.5 Å². The number of nitrogens with one attached hydrogen (secondary N) is 1. The van der Waals surface area contributed by atoms with Crippen molar-refractivity contribution < 1.29 is 19.1 Å². The van der Waals surface area contributed by atoms with Gasteiger partial charge >= 0.3 is 0 Å². The third-order valence-corrected chi connectivity index (χ3v) is 4.90. The molecule has 0 atom stereocenters. The third-order valence-electron chi connectivity index (χ3n) is 4.90. The second-order valence-corrected chi connectivity index (χ2v) is 6.62. The van der Waals surface area contributed by atoms with Gasteiger partial charge in [-0.05, 0) is 42.0 Å². The maximum absolute atomic E-state index is 12.7.